The molecule has 0 aliphatic rings. The Bertz CT molecular complexity index is 631. The highest BCUT2D eigenvalue weighted by atomic mass is 16.6. The van der Waals surface area contributed by atoms with Gasteiger partial charge in [0.25, 0.3) is 0 Å². The predicted octanol–water partition coefficient (Wildman–Crippen LogP) is 2.49. The van der Waals surface area contributed by atoms with Gasteiger partial charge in [-0.2, -0.15) is 0 Å². The molecule has 1 aromatic carbocycles. The highest BCUT2D eigenvalue weighted by Gasteiger charge is 2.24. The van der Waals surface area contributed by atoms with Gasteiger partial charge in [0.05, 0.1) is 0 Å². The van der Waals surface area contributed by atoms with Crippen LogP contribution in [0.2, 0.25) is 0 Å². The molecule has 0 saturated heterocycles. The number of aromatic nitrogens is 2. The van der Waals surface area contributed by atoms with E-state index in [0.717, 1.165) is 16.3 Å². The van der Waals surface area contributed by atoms with Crippen LogP contribution < -0.4 is 5.32 Å². The van der Waals surface area contributed by atoms with Crippen molar-refractivity contribution in [1.29, 1.82) is 0 Å². The first-order chi connectivity index (χ1) is 8.99. The summed E-state index contributed by atoms with van der Waals surface area (Å²) in [5, 5.41) is 13.4. The van der Waals surface area contributed by atoms with Gasteiger partial charge in [0.15, 0.2) is 0 Å². The van der Waals surface area contributed by atoms with Crippen molar-refractivity contribution in [2.24, 2.45) is 0 Å². The minimum atomic E-state index is -0.644. The number of nitrogens with one attached hydrogen (secondary N) is 1. The summed E-state index contributed by atoms with van der Waals surface area (Å²) >= 11 is 0. The molecule has 7 nitrogen and oxygen atoms in total. The summed E-state index contributed by atoms with van der Waals surface area (Å²) in [6.45, 7) is 3.46. The zero-order valence-electron chi connectivity index (χ0n) is 10.5. The quantitative estimate of drug-likeness (QED) is 0.663. The Hall–Kier alpha value is -2.70. The highest BCUT2D eigenvalue weighted by Crippen LogP contribution is 2.15. The third-order valence-electron chi connectivity index (χ3n) is 2.61. The summed E-state index contributed by atoms with van der Waals surface area (Å²) in [6.07, 6.45) is 1.06. The lowest BCUT2D eigenvalue weighted by atomic mass is 10.2. The van der Waals surface area contributed by atoms with Crippen LogP contribution in [0.5, 0.6) is 0 Å². The fraction of sp³-hybridized carbons (Fsp3) is 0.167. The van der Waals surface area contributed by atoms with Crippen molar-refractivity contribution >= 4 is 17.5 Å². The Morgan fingerprint density at radius 3 is 2.53 bits per heavy atom. The Kier molecular flexibility index (Phi) is 3.28. The molecule has 0 fully saturated rings. The van der Waals surface area contributed by atoms with Crippen LogP contribution in [0.15, 0.2) is 30.5 Å². The fourth-order valence-electron chi connectivity index (χ4n) is 1.63. The molecule has 2 aromatic rings. The largest absolute Gasteiger partial charge is 0.419 e. The molecular formula is C12H12N4O3. The number of carbonyl (C=O) groups is 1. The maximum absolute atomic E-state index is 12.0. The van der Waals surface area contributed by atoms with E-state index in [-0.39, 0.29) is 11.6 Å². The predicted molar refractivity (Wildman–Crippen MR) is 69.2 cm³/mol. The van der Waals surface area contributed by atoms with Crippen LogP contribution in [-0.2, 0) is 0 Å². The molecule has 0 radical (unpaired) electrons. The lowest BCUT2D eigenvalue weighted by Crippen LogP contribution is -2.22. The van der Waals surface area contributed by atoms with Crippen molar-refractivity contribution in [3.63, 3.8) is 0 Å². The van der Waals surface area contributed by atoms with E-state index in [1.807, 2.05) is 19.1 Å². The number of rotatable bonds is 2. The van der Waals surface area contributed by atoms with Gasteiger partial charge in [-0.1, -0.05) is 17.7 Å². The van der Waals surface area contributed by atoms with Crippen molar-refractivity contribution < 1.29 is 9.72 Å². The Morgan fingerprint density at radius 2 is 1.95 bits per heavy atom. The average molecular weight is 260 g/mol. The molecule has 0 aliphatic heterocycles. The van der Waals surface area contributed by atoms with Crippen LogP contribution in [0.25, 0.3) is 0 Å². The SMILES string of the molecule is Cc1ccc(NC(=O)n2c([N+](=O)[O-])cnc2C)cc1. The second kappa shape index (κ2) is 4.89. The number of nitrogens with zero attached hydrogens (tertiary/aromatic N) is 3. The third kappa shape index (κ3) is 2.59. The minimum Gasteiger partial charge on any atom is -0.358 e. The number of aryl methyl sites for hydroxylation is 2. The van der Waals surface area contributed by atoms with E-state index in [9.17, 15) is 14.9 Å². The van der Waals surface area contributed by atoms with Gasteiger partial charge in [-0.05, 0) is 24.0 Å². The number of benzene rings is 1. The van der Waals surface area contributed by atoms with E-state index < -0.39 is 11.0 Å². The minimum absolute atomic E-state index is 0.260. The van der Waals surface area contributed by atoms with E-state index in [1.54, 1.807) is 12.1 Å². The molecule has 0 atom stereocenters. The van der Waals surface area contributed by atoms with Crippen LogP contribution >= 0.6 is 0 Å². The Labute approximate surface area is 109 Å². The van der Waals surface area contributed by atoms with Crippen LogP contribution in [-0.4, -0.2) is 20.5 Å². The monoisotopic (exact) mass is 260 g/mol. The summed E-state index contributed by atoms with van der Waals surface area (Å²) in [7, 11) is 0. The van der Waals surface area contributed by atoms with Gasteiger partial charge >= 0.3 is 11.8 Å². The topological polar surface area (TPSA) is 90.1 Å². The van der Waals surface area contributed by atoms with Gasteiger partial charge in [0.2, 0.25) is 5.82 Å². The maximum atomic E-state index is 12.0. The molecular weight excluding hydrogens is 248 g/mol. The lowest BCUT2D eigenvalue weighted by molar-refractivity contribution is -0.390. The van der Waals surface area contributed by atoms with E-state index >= 15 is 0 Å². The van der Waals surface area contributed by atoms with Crippen LogP contribution in [0.3, 0.4) is 0 Å². The molecule has 19 heavy (non-hydrogen) atoms. The fourth-order valence-corrected chi connectivity index (χ4v) is 1.63. The van der Waals surface area contributed by atoms with Crippen LogP contribution in [0, 0.1) is 24.0 Å². The van der Waals surface area contributed by atoms with Gasteiger partial charge in [-0.25, -0.2) is 9.78 Å². The van der Waals surface area contributed by atoms with Crippen molar-refractivity contribution in [3.8, 4) is 0 Å². The smallest absolute Gasteiger partial charge is 0.358 e. The molecule has 1 amide bonds. The third-order valence-corrected chi connectivity index (χ3v) is 2.61. The number of hydrogen-bond acceptors (Lipinski definition) is 4. The summed E-state index contributed by atoms with van der Waals surface area (Å²) in [5.41, 5.74) is 1.63. The summed E-state index contributed by atoms with van der Waals surface area (Å²) < 4.78 is 0.930. The molecule has 1 heterocycles. The molecule has 2 rings (SSSR count). The number of imidazole rings is 1. The van der Waals surface area contributed by atoms with Gasteiger partial charge in [-0.15, -0.1) is 4.57 Å². The number of nitro groups is 1. The number of carbonyl (C=O) groups excluding carboxylic acids is 1. The maximum Gasteiger partial charge on any atom is 0.419 e. The van der Waals surface area contributed by atoms with Crippen molar-refractivity contribution in [1.82, 2.24) is 9.55 Å². The highest BCUT2D eigenvalue weighted by molar-refractivity contribution is 5.92. The molecule has 98 valence electrons. The standard InChI is InChI=1S/C12H12N4O3/c1-8-3-5-10(6-4-8)14-12(17)15-9(2)13-7-11(15)16(18)19/h3-7H,1-2H3,(H,14,17). The van der Waals surface area contributed by atoms with Gasteiger partial charge in [-0.3, -0.25) is 5.32 Å². The Morgan fingerprint density at radius 1 is 1.32 bits per heavy atom. The number of anilines is 1. The average Bonchev–Trinajstić information content (AvgIpc) is 2.74. The zero-order chi connectivity index (χ0) is 14.0. The molecule has 0 aliphatic carbocycles. The Balaban J connectivity index is 2.27. The van der Waals surface area contributed by atoms with E-state index in [4.69, 9.17) is 0 Å². The summed E-state index contributed by atoms with van der Waals surface area (Å²) in [4.78, 5) is 25.9. The van der Waals surface area contributed by atoms with E-state index in [1.165, 1.54) is 6.92 Å². The summed E-state index contributed by atoms with van der Waals surface area (Å²) in [6, 6.07) is 6.53. The first kappa shape index (κ1) is 12.7. The molecule has 0 saturated carbocycles. The molecule has 7 heteroatoms. The molecule has 1 aromatic heterocycles. The van der Waals surface area contributed by atoms with Crippen molar-refractivity contribution in [2.75, 3.05) is 5.32 Å². The first-order valence-corrected chi connectivity index (χ1v) is 5.56. The summed E-state index contributed by atoms with van der Waals surface area (Å²) in [5.74, 6) is -0.0987. The molecule has 0 bridgehead atoms. The van der Waals surface area contributed by atoms with E-state index in [0.29, 0.717) is 5.69 Å². The lowest BCUT2D eigenvalue weighted by Gasteiger charge is -2.04. The van der Waals surface area contributed by atoms with Gasteiger partial charge in [0.1, 0.15) is 6.20 Å². The first-order valence-electron chi connectivity index (χ1n) is 5.56. The molecule has 1 N–H and O–H groups in total. The van der Waals surface area contributed by atoms with Crippen molar-refractivity contribution in [2.45, 2.75) is 13.8 Å². The molecule has 0 spiro atoms. The van der Waals surface area contributed by atoms with Crippen LogP contribution in [0.4, 0.5) is 16.3 Å². The van der Waals surface area contributed by atoms with Gasteiger partial charge < -0.3 is 10.1 Å². The van der Waals surface area contributed by atoms with E-state index in [2.05, 4.69) is 10.3 Å². The second-order valence-electron chi connectivity index (χ2n) is 4.05. The molecule has 0 unspecified atom stereocenters. The number of amides is 1. The van der Waals surface area contributed by atoms with Crippen molar-refractivity contribution in [3.05, 3.63) is 52.0 Å². The normalized spacial score (nSPS) is 10.2. The van der Waals surface area contributed by atoms with Gasteiger partial charge in [0, 0.05) is 12.6 Å². The zero-order valence-corrected chi connectivity index (χ0v) is 10.5. The van der Waals surface area contributed by atoms with Crippen LogP contribution in [0.1, 0.15) is 11.4 Å². The number of hydrogen-bond donors (Lipinski definition) is 1. The second-order valence-corrected chi connectivity index (χ2v) is 4.05.